The molecule has 5 nitrogen and oxygen atoms in total. The molecule has 0 spiro atoms. The predicted molar refractivity (Wildman–Crippen MR) is 64.5 cm³/mol. The van der Waals surface area contributed by atoms with Crippen molar-refractivity contribution in [3.63, 3.8) is 0 Å². The molecular weight excluding hydrogens is 226 g/mol. The largest absolute Gasteiger partial charge is 0.514 e. The summed E-state index contributed by atoms with van der Waals surface area (Å²) >= 11 is 0. The van der Waals surface area contributed by atoms with Crippen molar-refractivity contribution in [1.82, 2.24) is 9.65 Å². The first-order chi connectivity index (χ1) is 7.79. The van der Waals surface area contributed by atoms with E-state index in [-0.39, 0.29) is 0 Å². The summed E-state index contributed by atoms with van der Waals surface area (Å²) in [5.41, 5.74) is 0.736. The summed E-state index contributed by atoms with van der Waals surface area (Å²) in [5, 5.41) is 0. The van der Waals surface area contributed by atoms with Crippen LogP contribution < -0.4 is 10.3 Å². The van der Waals surface area contributed by atoms with Crippen LogP contribution in [0.25, 0.3) is 0 Å². The third-order valence-electron chi connectivity index (χ3n) is 2.24. The highest BCUT2D eigenvalue weighted by Gasteiger charge is 2.26. The molecule has 7 heteroatoms. The molecule has 2 heterocycles. The van der Waals surface area contributed by atoms with Crippen molar-refractivity contribution in [3.8, 4) is 5.88 Å². The van der Waals surface area contributed by atoms with Crippen molar-refractivity contribution in [1.29, 1.82) is 0 Å². The van der Waals surface area contributed by atoms with E-state index in [1.165, 1.54) is 0 Å². The molecule has 1 atom stereocenters. The van der Waals surface area contributed by atoms with Crippen molar-refractivity contribution in [2.24, 2.45) is 0 Å². The van der Waals surface area contributed by atoms with Crippen LogP contribution in [0.1, 0.15) is 0 Å². The Morgan fingerprint density at radius 2 is 2.38 bits per heavy atom. The fourth-order valence-electron chi connectivity index (χ4n) is 1.40. The van der Waals surface area contributed by atoms with Gasteiger partial charge >= 0.3 is 7.12 Å². The van der Waals surface area contributed by atoms with Crippen LogP contribution in [0.5, 0.6) is 5.88 Å². The minimum atomic E-state index is -0.416. The fraction of sp³-hybridized carbons (Fsp3) is 0.444. The molecule has 1 aliphatic rings. The molecule has 1 fully saturated rings. The van der Waals surface area contributed by atoms with Crippen LogP contribution in [0.3, 0.4) is 0 Å². The minimum Gasteiger partial charge on any atom is -0.481 e. The molecule has 0 N–H and O–H groups in total. The van der Waals surface area contributed by atoms with Crippen molar-refractivity contribution >= 4 is 22.1 Å². The lowest BCUT2D eigenvalue weighted by Crippen LogP contribution is -2.38. The lowest BCUT2D eigenvalue weighted by Gasteiger charge is -2.12. The van der Waals surface area contributed by atoms with E-state index in [2.05, 4.69) is 14.4 Å². The summed E-state index contributed by atoms with van der Waals surface area (Å²) in [6, 6.07) is 5.53. The van der Waals surface area contributed by atoms with Crippen molar-refractivity contribution in [2.75, 3.05) is 27.0 Å². The van der Waals surface area contributed by atoms with Gasteiger partial charge in [-0.25, -0.2) is 4.98 Å². The number of aromatic nitrogens is 1. The first-order valence-electron chi connectivity index (χ1n) is 5.03. The zero-order valence-corrected chi connectivity index (χ0v) is 10.3. The molecule has 1 unspecified atom stereocenters. The molecule has 0 saturated carbocycles. The SMILES string of the molecule is COc1cccc(B2OCCN(P)CO2)n1. The van der Waals surface area contributed by atoms with Crippen LogP contribution >= 0.6 is 9.39 Å². The normalized spacial score (nSPS) is 18.2. The summed E-state index contributed by atoms with van der Waals surface area (Å²) in [7, 11) is 3.77. The van der Waals surface area contributed by atoms with Crippen LogP contribution in [0, 0.1) is 0 Å². The molecule has 1 saturated heterocycles. The molecular formula is C9H14BN2O3P. The zero-order chi connectivity index (χ0) is 11.4. The lowest BCUT2D eigenvalue weighted by atomic mass is 9.84. The quantitative estimate of drug-likeness (QED) is 0.532. The Kier molecular flexibility index (Phi) is 4.12. The molecule has 1 aromatic rings. The monoisotopic (exact) mass is 240 g/mol. The molecule has 0 amide bonds. The average Bonchev–Trinajstić information content (AvgIpc) is 2.54. The Bertz CT molecular complexity index is 355. The van der Waals surface area contributed by atoms with Gasteiger partial charge in [0.1, 0.15) is 0 Å². The Morgan fingerprint density at radius 3 is 3.19 bits per heavy atom. The van der Waals surface area contributed by atoms with Crippen LogP contribution in [-0.2, 0) is 9.31 Å². The minimum absolute atomic E-state index is 0.416. The molecule has 2 rings (SSSR count). The summed E-state index contributed by atoms with van der Waals surface area (Å²) in [6.07, 6.45) is 0. The molecule has 16 heavy (non-hydrogen) atoms. The van der Waals surface area contributed by atoms with E-state index in [1.807, 2.05) is 16.8 Å². The van der Waals surface area contributed by atoms with Gasteiger partial charge in [0.25, 0.3) is 0 Å². The fourth-order valence-corrected chi connectivity index (χ4v) is 1.59. The highest BCUT2D eigenvalue weighted by Crippen LogP contribution is 2.07. The van der Waals surface area contributed by atoms with Crippen molar-refractivity contribution in [2.45, 2.75) is 0 Å². The second-order valence-electron chi connectivity index (χ2n) is 3.42. The molecule has 0 aliphatic carbocycles. The number of methoxy groups -OCH3 is 1. The number of hydrogen-bond donors (Lipinski definition) is 0. The maximum absolute atomic E-state index is 5.57. The highest BCUT2D eigenvalue weighted by molar-refractivity contribution is 7.13. The van der Waals surface area contributed by atoms with E-state index in [0.29, 0.717) is 19.2 Å². The van der Waals surface area contributed by atoms with Gasteiger partial charge in [-0.2, -0.15) is 0 Å². The maximum atomic E-state index is 5.57. The van der Waals surface area contributed by atoms with E-state index in [1.54, 1.807) is 13.2 Å². The summed E-state index contributed by atoms with van der Waals surface area (Å²) < 4.78 is 18.2. The third-order valence-corrected chi connectivity index (χ3v) is 2.64. The van der Waals surface area contributed by atoms with Gasteiger partial charge in [0.15, 0.2) is 0 Å². The second-order valence-corrected chi connectivity index (χ2v) is 4.15. The lowest BCUT2D eigenvalue weighted by molar-refractivity contribution is 0.214. The highest BCUT2D eigenvalue weighted by atomic mass is 31.0. The number of nitrogens with zero attached hydrogens (tertiary/aromatic N) is 2. The van der Waals surface area contributed by atoms with Crippen LogP contribution in [0.15, 0.2) is 18.2 Å². The summed E-state index contributed by atoms with van der Waals surface area (Å²) in [4.78, 5) is 4.28. The molecule has 0 bridgehead atoms. The predicted octanol–water partition coefficient (Wildman–Crippen LogP) is -0.118. The molecule has 1 aliphatic heterocycles. The standard InChI is InChI=1S/C9H14BN2O3P/c1-13-9-4-2-3-8(11-9)10-14-6-5-12(16)7-15-10/h2-4H,5-7,16H2,1H3. The molecule has 0 aromatic carbocycles. The van der Waals surface area contributed by atoms with Gasteiger partial charge in [-0.3, -0.25) is 4.67 Å². The van der Waals surface area contributed by atoms with E-state index in [9.17, 15) is 0 Å². The van der Waals surface area contributed by atoms with Crippen LogP contribution in [0.4, 0.5) is 0 Å². The second kappa shape index (κ2) is 5.59. The molecule has 86 valence electrons. The van der Waals surface area contributed by atoms with Gasteiger partial charge in [-0.1, -0.05) is 15.5 Å². The van der Waals surface area contributed by atoms with Crippen LogP contribution in [0.2, 0.25) is 0 Å². The smallest absolute Gasteiger partial charge is 0.481 e. The Labute approximate surface area is 97.5 Å². The van der Waals surface area contributed by atoms with E-state index < -0.39 is 7.12 Å². The van der Waals surface area contributed by atoms with Gasteiger partial charge in [-0.05, 0) is 6.07 Å². The average molecular weight is 240 g/mol. The maximum Gasteiger partial charge on any atom is 0.514 e. The number of rotatable bonds is 2. The third kappa shape index (κ3) is 2.92. The van der Waals surface area contributed by atoms with E-state index in [0.717, 1.165) is 12.1 Å². The van der Waals surface area contributed by atoms with Gasteiger partial charge in [0.2, 0.25) is 5.88 Å². The van der Waals surface area contributed by atoms with Gasteiger partial charge in [0, 0.05) is 19.2 Å². The molecule has 1 aromatic heterocycles. The van der Waals surface area contributed by atoms with Crippen molar-refractivity contribution < 1.29 is 14.0 Å². The summed E-state index contributed by atoms with van der Waals surface area (Å²) in [5.74, 6) is 0.566. The first-order valence-corrected chi connectivity index (χ1v) is 5.55. The Hall–Kier alpha value is -0.675. The Balaban J connectivity index is 2.10. The number of ether oxygens (including phenoxy) is 1. The summed E-state index contributed by atoms with van der Waals surface area (Å²) in [6.45, 7) is 1.95. The van der Waals surface area contributed by atoms with E-state index in [4.69, 9.17) is 14.0 Å². The van der Waals surface area contributed by atoms with Gasteiger partial charge in [0.05, 0.1) is 19.4 Å². The Morgan fingerprint density at radius 1 is 1.50 bits per heavy atom. The van der Waals surface area contributed by atoms with E-state index >= 15 is 0 Å². The number of hydrogen-bond acceptors (Lipinski definition) is 5. The molecule has 0 radical (unpaired) electrons. The topological polar surface area (TPSA) is 43.8 Å². The zero-order valence-electron chi connectivity index (χ0n) is 9.13. The van der Waals surface area contributed by atoms with Gasteiger partial charge in [-0.15, -0.1) is 0 Å². The number of pyridine rings is 1. The van der Waals surface area contributed by atoms with Gasteiger partial charge < -0.3 is 14.0 Å². The van der Waals surface area contributed by atoms with Crippen LogP contribution in [-0.4, -0.2) is 43.8 Å². The first kappa shape index (κ1) is 11.8. The van der Waals surface area contributed by atoms with Crippen molar-refractivity contribution in [3.05, 3.63) is 18.2 Å².